The van der Waals surface area contributed by atoms with Gasteiger partial charge in [0.25, 0.3) is 0 Å². The van der Waals surface area contributed by atoms with E-state index in [1.807, 2.05) is 23.9 Å². The van der Waals surface area contributed by atoms with E-state index in [-0.39, 0.29) is 17.1 Å². The van der Waals surface area contributed by atoms with Crippen molar-refractivity contribution in [3.63, 3.8) is 0 Å². The highest BCUT2D eigenvalue weighted by Crippen LogP contribution is 2.28. The number of rotatable bonds is 9. The maximum Gasteiger partial charge on any atom is 0.148 e. The number of likely N-dealkylation sites (tertiary alicyclic amines) is 1. The summed E-state index contributed by atoms with van der Waals surface area (Å²) in [6.07, 6.45) is 6.11. The molecule has 0 amide bonds. The fraction of sp³-hybridized carbons (Fsp3) is 0.435. The van der Waals surface area contributed by atoms with Crippen molar-refractivity contribution in [1.82, 2.24) is 4.90 Å². The van der Waals surface area contributed by atoms with Gasteiger partial charge in [-0.2, -0.15) is 5.26 Å². The Hall–Kier alpha value is -1.83. The van der Waals surface area contributed by atoms with Crippen LogP contribution in [0.2, 0.25) is 0 Å². The number of halogens is 2. The highest BCUT2D eigenvalue weighted by Gasteiger charge is 2.33. The van der Waals surface area contributed by atoms with Gasteiger partial charge in [0.05, 0.1) is 23.5 Å². The van der Waals surface area contributed by atoms with E-state index in [0.717, 1.165) is 35.7 Å². The van der Waals surface area contributed by atoms with E-state index in [0.29, 0.717) is 17.1 Å². The molecule has 0 bridgehead atoms. The Bertz CT molecular complexity index is 913. The molecule has 0 atom stereocenters. The smallest absolute Gasteiger partial charge is 0.148 e. The first-order valence-corrected chi connectivity index (χ1v) is 12.5. The van der Waals surface area contributed by atoms with Crippen LogP contribution in [-0.4, -0.2) is 42.5 Å². The third-order valence-electron chi connectivity index (χ3n) is 5.14. The number of hydrogen-bond donors (Lipinski definition) is 2. The molecule has 0 unspecified atom stereocenters. The summed E-state index contributed by atoms with van der Waals surface area (Å²) < 4.78 is 31.5. The molecule has 2 aliphatic rings. The number of anilines is 1. The lowest BCUT2D eigenvalue weighted by Crippen LogP contribution is -2.52. The van der Waals surface area contributed by atoms with Crippen molar-refractivity contribution in [2.75, 3.05) is 31.1 Å². The van der Waals surface area contributed by atoms with Gasteiger partial charge >= 0.3 is 0 Å². The van der Waals surface area contributed by atoms with Gasteiger partial charge in [-0.1, -0.05) is 0 Å². The van der Waals surface area contributed by atoms with Gasteiger partial charge < -0.3 is 10.5 Å². The highest BCUT2D eigenvalue weighted by atomic mass is 32.2. The van der Waals surface area contributed by atoms with Gasteiger partial charge in [0, 0.05) is 22.9 Å². The number of unbranched alkanes of at least 4 members (excludes halogenated alkanes) is 1. The fourth-order valence-electron chi connectivity index (χ4n) is 3.18. The van der Waals surface area contributed by atoms with Gasteiger partial charge in [-0.3, -0.25) is 10.0 Å². The van der Waals surface area contributed by atoms with Gasteiger partial charge in [0.2, 0.25) is 0 Å². The maximum absolute atomic E-state index is 12.9. The summed E-state index contributed by atoms with van der Waals surface area (Å²) >= 11 is 2.69. The number of ether oxygens (including phenoxy) is 1. The molecule has 4 rings (SSSR count). The number of nitrogens with zero attached hydrogens (tertiary/aromatic N) is 2. The zero-order valence-corrected chi connectivity index (χ0v) is 19.4. The van der Waals surface area contributed by atoms with E-state index >= 15 is 0 Å². The van der Waals surface area contributed by atoms with Crippen LogP contribution in [-0.2, 0) is 4.74 Å². The lowest BCUT2D eigenvalue weighted by atomic mass is 10.1. The second-order valence-electron chi connectivity index (χ2n) is 7.82. The SMILES string of the molecule is Fc1ccc(SCCCCN2CC(OC3CC3)C2)cc1.N#Cc1cc(SN)cc(F)c1N. The van der Waals surface area contributed by atoms with Gasteiger partial charge in [-0.25, -0.2) is 8.78 Å². The average molecular weight is 479 g/mol. The summed E-state index contributed by atoms with van der Waals surface area (Å²) in [7, 11) is 0. The Morgan fingerprint density at radius 2 is 1.78 bits per heavy atom. The Morgan fingerprint density at radius 1 is 1.06 bits per heavy atom. The van der Waals surface area contributed by atoms with Crippen molar-refractivity contribution in [3.8, 4) is 6.07 Å². The van der Waals surface area contributed by atoms with Crippen LogP contribution in [0.15, 0.2) is 46.2 Å². The molecule has 172 valence electrons. The Morgan fingerprint density at radius 3 is 2.41 bits per heavy atom. The molecule has 32 heavy (non-hydrogen) atoms. The van der Waals surface area contributed by atoms with Crippen molar-refractivity contribution >= 4 is 29.4 Å². The minimum Gasteiger partial charge on any atom is -0.395 e. The fourth-order valence-corrected chi connectivity index (χ4v) is 4.45. The van der Waals surface area contributed by atoms with Crippen molar-refractivity contribution in [2.45, 2.75) is 47.7 Å². The summed E-state index contributed by atoms with van der Waals surface area (Å²) in [6, 6.07) is 11.2. The van der Waals surface area contributed by atoms with Gasteiger partial charge in [-0.15, -0.1) is 11.8 Å². The predicted octanol–water partition coefficient (Wildman–Crippen LogP) is 4.81. The van der Waals surface area contributed by atoms with E-state index in [1.54, 1.807) is 6.07 Å². The summed E-state index contributed by atoms with van der Waals surface area (Å²) in [5, 5.41) is 13.7. The predicted molar refractivity (Wildman–Crippen MR) is 126 cm³/mol. The molecular weight excluding hydrogens is 450 g/mol. The third-order valence-corrected chi connectivity index (χ3v) is 6.75. The largest absolute Gasteiger partial charge is 0.395 e. The van der Waals surface area contributed by atoms with Crippen molar-refractivity contribution in [2.24, 2.45) is 5.14 Å². The van der Waals surface area contributed by atoms with Crippen LogP contribution in [0.25, 0.3) is 0 Å². The summed E-state index contributed by atoms with van der Waals surface area (Å²) in [4.78, 5) is 4.13. The second kappa shape index (κ2) is 12.4. The molecule has 1 heterocycles. The Balaban J connectivity index is 0.000000207. The van der Waals surface area contributed by atoms with Crippen molar-refractivity contribution in [1.29, 1.82) is 5.26 Å². The second-order valence-corrected chi connectivity index (χ2v) is 9.70. The van der Waals surface area contributed by atoms with E-state index in [2.05, 4.69) is 4.90 Å². The first-order valence-electron chi connectivity index (χ1n) is 10.6. The van der Waals surface area contributed by atoms with Crippen LogP contribution in [0.4, 0.5) is 14.5 Å². The molecule has 5 nitrogen and oxygen atoms in total. The highest BCUT2D eigenvalue weighted by molar-refractivity contribution is 7.99. The first-order chi connectivity index (χ1) is 15.5. The van der Waals surface area contributed by atoms with Crippen molar-refractivity contribution < 1.29 is 13.5 Å². The number of hydrogen-bond acceptors (Lipinski definition) is 7. The molecular formula is C23H28F2N4OS2. The van der Waals surface area contributed by atoms with Gasteiger partial charge in [0.1, 0.15) is 17.7 Å². The quantitative estimate of drug-likeness (QED) is 0.231. The van der Waals surface area contributed by atoms with Crippen LogP contribution in [0.5, 0.6) is 0 Å². The summed E-state index contributed by atoms with van der Waals surface area (Å²) in [5.41, 5.74) is 5.25. The van der Waals surface area contributed by atoms with Crippen molar-refractivity contribution in [3.05, 3.63) is 53.6 Å². The molecule has 2 aromatic rings. The van der Waals surface area contributed by atoms with Crippen LogP contribution in [0.1, 0.15) is 31.2 Å². The molecule has 0 spiro atoms. The lowest BCUT2D eigenvalue weighted by Gasteiger charge is -2.39. The van der Waals surface area contributed by atoms with E-state index < -0.39 is 5.82 Å². The number of nitriles is 1. The van der Waals surface area contributed by atoms with Crippen LogP contribution >= 0.6 is 23.7 Å². The van der Waals surface area contributed by atoms with Gasteiger partial charge in [0.15, 0.2) is 0 Å². The van der Waals surface area contributed by atoms with E-state index in [1.165, 1.54) is 56.5 Å². The first kappa shape index (κ1) is 24.8. The molecule has 2 fully saturated rings. The molecule has 1 saturated carbocycles. The number of nitrogen functional groups attached to an aromatic ring is 1. The molecule has 0 aromatic heterocycles. The average Bonchev–Trinajstić information content (AvgIpc) is 3.59. The minimum atomic E-state index is -0.609. The standard InChI is InChI=1S/C16H22FNOS.C7H6FN3S/c17-13-3-7-16(8-4-13)20-10-2-1-9-18-11-15(12-18)19-14-5-6-14;8-6-2-5(12-11)1-4(3-9)7(6)10/h3-4,7-8,14-15H,1-2,5-6,9-12H2;1-2H,10-11H2. The molecule has 2 aromatic carbocycles. The zero-order valence-electron chi connectivity index (χ0n) is 17.8. The topological polar surface area (TPSA) is 88.3 Å². The van der Waals surface area contributed by atoms with Crippen LogP contribution in [0.3, 0.4) is 0 Å². The third kappa shape index (κ3) is 7.94. The molecule has 1 saturated heterocycles. The molecule has 0 radical (unpaired) electrons. The van der Waals surface area contributed by atoms with Crippen LogP contribution < -0.4 is 10.9 Å². The lowest BCUT2D eigenvalue weighted by molar-refractivity contribution is -0.0625. The molecule has 1 aliphatic heterocycles. The molecule has 1 aliphatic carbocycles. The maximum atomic E-state index is 12.9. The Labute approximate surface area is 196 Å². The number of benzene rings is 2. The zero-order chi connectivity index (χ0) is 22.9. The summed E-state index contributed by atoms with van der Waals surface area (Å²) in [5.74, 6) is 0.346. The normalized spacial score (nSPS) is 16.1. The van der Waals surface area contributed by atoms with E-state index in [4.69, 9.17) is 20.9 Å². The molecule has 9 heteroatoms. The number of thioether (sulfide) groups is 1. The number of nitrogens with two attached hydrogens (primary N) is 2. The summed E-state index contributed by atoms with van der Waals surface area (Å²) in [6.45, 7) is 3.44. The van der Waals surface area contributed by atoms with E-state index in [9.17, 15) is 8.78 Å². The van der Waals surface area contributed by atoms with Crippen LogP contribution in [0, 0.1) is 23.0 Å². The Kier molecular flexibility index (Phi) is 9.63. The monoisotopic (exact) mass is 478 g/mol. The van der Waals surface area contributed by atoms with Gasteiger partial charge in [-0.05, 0) is 86.3 Å². The minimum absolute atomic E-state index is 0.114. The molecule has 4 N–H and O–H groups in total.